The van der Waals surface area contributed by atoms with E-state index in [0.29, 0.717) is 20.8 Å². The summed E-state index contributed by atoms with van der Waals surface area (Å²) in [7, 11) is 1.23. The average molecular weight is 445 g/mol. The van der Waals surface area contributed by atoms with Gasteiger partial charge < -0.3 is 0 Å². The first-order valence-electron chi connectivity index (χ1n) is 6.16. The fourth-order valence-corrected chi connectivity index (χ4v) is 4.76. The highest BCUT2D eigenvalue weighted by atomic mass is 79.9. The number of fused-ring (bicyclic) bond motifs is 1. The molecule has 0 radical (unpaired) electrons. The van der Waals surface area contributed by atoms with Gasteiger partial charge >= 0.3 is 6.18 Å². The zero-order chi connectivity index (χ0) is 17.1. The molecule has 0 atom stereocenters. The number of halogens is 6. The molecule has 23 heavy (non-hydrogen) atoms. The molecule has 0 fully saturated rings. The van der Waals surface area contributed by atoms with Crippen LogP contribution < -0.4 is 0 Å². The molecular weight excluding hydrogens is 438 g/mol. The second-order valence-corrected chi connectivity index (χ2v) is 7.57. The average Bonchev–Trinajstić information content (AvgIpc) is 2.90. The Balaban J connectivity index is 2.39. The van der Waals surface area contributed by atoms with Gasteiger partial charge in [-0.25, -0.2) is 4.98 Å². The molecule has 0 aliphatic rings. The van der Waals surface area contributed by atoms with Gasteiger partial charge in [-0.05, 0) is 28.9 Å². The lowest BCUT2D eigenvalue weighted by atomic mass is 10.1. The lowest BCUT2D eigenvalue weighted by Crippen LogP contribution is -2.12. The molecule has 10 heteroatoms. The van der Waals surface area contributed by atoms with Crippen LogP contribution in [0.5, 0.6) is 0 Å². The fraction of sp³-hybridized carbons (Fsp3) is 0.231. The van der Waals surface area contributed by atoms with Crippen LogP contribution >= 0.6 is 50.5 Å². The maximum atomic E-state index is 13.2. The minimum Gasteiger partial charge on any atom is -0.262 e. The first-order chi connectivity index (χ1) is 10.6. The van der Waals surface area contributed by atoms with Crippen molar-refractivity contribution in [2.75, 3.05) is 0 Å². The summed E-state index contributed by atoms with van der Waals surface area (Å²) in [6, 6.07) is 1.47. The second kappa shape index (κ2) is 5.61. The van der Waals surface area contributed by atoms with Crippen LogP contribution in [0.1, 0.15) is 10.7 Å². The molecule has 3 aromatic rings. The Hall–Kier alpha value is -0.830. The SMILES string of the molecule is Cc1nc2c(Cl)cc(Cl)c(-c3nn(C)c(C(F)(F)F)c3Br)c2s1. The topological polar surface area (TPSA) is 30.7 Å². The highest BCUT2D eigenvalue weighted by Gasteiger charge is 2.39. The van der Waals surface area contributed by atoms with Gasteiger partial charge in [-0.1, -0.05) is 23.2 Å². The largest absolute Gasteiger partial charge is 0.434 e. The van der Waals surface area contributed by atoms with Gasteiger partial charge in [-0.3, -0.25) is 4.68 Å². The fourth-order valence-electron chi connectivity index (χ4n) is 2.31. The van der Waals surface area contributed by atoms with Gasteiger partial charge in [-0.15, -0.1) is 11.3 Å². The van der Waals surface area contributed by atoms with Gasteiger partial charge in [0.1, 0.15) is 11.2 Å². The second-order valence-electron chi connectivity index (χ2n) is 4.76. The number of nitrogens with zero attached hydrogens (tertiary/aromatic N) is 3. The summed E-state index contributed by atoms with van der Waals surface area (Å²) >= 11 is 16.7. The van der Waals surface area contributed by atoms with Crippen molar-refractivity contribution in [3.8, 4) is 11.3 Å². The van der Waals surface area contributed by atoms with Crippen LogP contribution in [0, 0.1) is 6.92 Å². The summed E-state index contributed by atoms with van der Waals surface area (Å²) in [5.74, 6) is 0. The van der Waals surface area contributed by atoms with E-state index in [1.165, 1.54) is 24.5 Å². The Bertz CT molecular complexity index is 933. The molecule has 0 N–H and O–H groups in total. The number of aryl methyl sites for hydroxylation is 2. The normalized spacial score (nSPS) is 12.3. The molecule has 1 aromatic carbocycles. The molecule has 2 heterocycles. The Morgan fingerprint density at radius 3 is 2.48 bits per heavy atom. The van der Waals surface area contributed by atoms with Crippen LogP contribution in [-0.2, 0) is 13.2 Å². The maximum Gasteiger partial charge on any atom is 0.434 e. The molecule has 0 saturated carbocycles. The molecule has 2 aromatic heterocycles. The van der Waals surface area contributed by atoms with E-state index in [-0.39, 0.29) is 15.2 Å². The van der Waals surface area contributed by atoms with Crippen molar-refractivity contribution in [2.24, 2.45) is 7.05 Å². The van der Waals surface area contributed by atoms with E-state index in [0.717, 1.165) is 9.69 Å². The Labute approximate surface area is 151 Å². The van der Waals surface area contributed by atoms with Crippen molar-refractivity contribution in [1.82, 2.24) is 14.8 Å². The molecular formula is C13H7BrCl2F3N3S. The molecule has 0 aliphatic carbocycles. The van der Waals surface area contributed by atoms with E-state index in [1.54, 1.807) is 6.92 Å². The van der Waals surface area contributed by atoms with E-state index in [4.69, 9.17) is 23.2 Å². The van der Waals surface area contributed by atoms with Crippen LogP contribution in [0.3, 0.4) is 0 Å². The molecule has 0 bridgehead atoms. The van der Waals surface area contributed by atoms with Crippen LogP contribution in [-0.4, -0.2) is 14.8 Å². The molecule has 3 nitrogen and oxygen atoms in total. The number of thiazole rings is 1. The van der Waals surface area contributed by atoms with Gasteiger partial charge in [-0.2, -0.15) is 18.3 Å². The van der Waals surface area contributed by atoms with Crippen LogP contribution in [0.2, 0.25) is 10.0 Å². The van der Waals surface area contributed by atoms with Crippen molar-refractivity contribution < 1.29 is 13.2 Å². The van der Waals surface area contributed by atoms with E-state index in [9.17, 15) is 13.2 Å². The summed E-state index contributed by atoms with van der Waals surface area (Å²) in [5, 5.41) is 5.30. The molecule has 122 valence electrons. The lowest BCUT2D eigenvalue weighted by molar-refractivity contribution is -0.144. The third-order valence-electron chi connectivity index (χ3n) is 3.17. The van der Waals surface area contributed by atoms with Gasteiger partial charge in [0, 0.05) is 12.6 Å². The van der Waals surface area contributed by atoms with Gasteiger partial charge in [0.05, 0.1) is 24.2 Å². The van der Waals surface area contributed by atoms with Crippen molar-refractivity contribution >= 4 is 60.7 Å². The molecule has 0 amide bonds. The van der Waals surface area contributed by atoms with Crippen LogP contribution in [0.4, 0.5) is 13.2 Å². The summed E-state index contributed by atoms with van der Waals surface area (Å²) in [6.45, 7) is 1.79. The summed E-state index contributed by atoms with van der Waals surface area (Å²) < 4.78 is 40.7. The van der Waals surface area contributed by atoms with E-state index < -0.39 is 11.9 Å². The maximum absolute atomic E-state index is 13.2. The highest BCUT2D eigenvalue weighted by Crippen LogP contribution is 2.46. The van der Waals surface area contributed by atoms with Crippen LogP contribution in [0.15, 0.2) is 10.5 Å². The Morgan fingerprint density at radius 2 is 1.91 bits per heavy atom. The summed E-state index contributed by atoms with van der Waals surface area (Å²) in [4.78, 5) is 4.30. The highest BCUT2D eigenvalue weighted by molar-refractivity contribution is 9.10. The number of benzene rings is 1. The zero-order valence-electron chi connectivity index (χ0n) is 11.6. The molecule has 3 rings (SSSR count). The summed E-state index contributed by atoms with van der Waals surface area (Å²) in [5.41, 5.74) is 0.109. The molecule has 0 spiro atoms. The summed E-state index contributed by atoms with van der Waals surface area (Å²) in [6.07, 6.45) is -4.54. The molecule has 0 saturated heterocycles. The van der Waals surface area contributed by atoms with E-state index in [2.05, 4.69) is 26.0 Å². The van der Waals surface area contributed by atoms with Gasteiger partial charge in [0.25, 0.3) is 0 Å². The first-order valence-corrected chi connectivity index (χ1v) is 8.53. The minimum absolute atomic E-state index is 0.107. The predicted molar refractivity (Wildman–Crippen MR) is 89.3 cm³/mol. The Kier molecular flexibility index (Phi) is 4.15. The van der Waals surface area contributed by atoms with Gasteiger partial charge in [0.15, 0.2) is 5.69 Å². The molecule has 0 aliphatic heterocycles. The standard InChI is InChI=1S/C13H7BrCl2F3N3S/c1-4-20-9-6(16)3-5(15)7(11(9)23-4)10-8(14)12(13(17,18)19)22(2)21-10/h3H,1-2H3. The number of rotatable bonds is 1. The Morgan fingerprint density at radius 1 is 1.26 bits per heavy atom. The van der Waals surface area contributed by atoms with Crippen molar-refractivity contribution in [1.29, 1.82) is 0 Å². The van der Waals surface area contributed by atoms with E-state index in [1.807, 2.05) is 0 Å². The van der Waals surface area contributed by atoms with Crippen molar-refractivity contribution in [2.45, 2.75) is 13.1 Å². The predicted octanol–water partition coefficient (Wildman–Crippen LogP) is 6.09. The van der Waals surface area contributed by atoms with Crippen molar-refractivity contribution in [3.05, 3.63) is 31.3 Å². The van der Waals surface area contributed by atoms with Crippen LogP contribution in [0.25, 0.3) is 21.5 Å². The van der Waals surface area contributed by atoms with Gasteiger partial charge in [0.2, 0.25) is 0 Å². The third kappa shape index (κ3) is 2.75. The third-order valence-corrected chi connectivity index (χ3v) is 5.50. The van der Waals surface area contributed by atoms with E-state index >= 15 is 0 Å². The monoisotopic (exact) mass is 443 g/mol. The minimum atomic E-state index is -4.54. The number of alkyl halides is 3. The molecule has 0 unspecified atom stereocenters. The lowest BCUT2D eigenvalue weighted by Gasteiger charge is -2.07. The zero-order valence-corrected chi connectivity index (χ0v) is 15.5. The van der Waals surface area contributed by atoms with Crippen molar-refractivity contribution in [3.63, 3.8) is 0 Å². The number of hydrogen-bond acceptors (Lipinski definition) is 3. The smallest absolute Gasteiger partial charge is 0.262 e. The first kappa shape index (κ1) is 17.0. The number of hydrogen-bond donors (Lipinski definition) is 0. The quantitative estimate of drug-likeness (QED) is 0.454. The number of aromatic nitrogens is 3.